The maximum absolute atomic E-state index is 5.96. The maximum Gasteiger partial charge on any atom is 0.188 e. The zero-order valence-corrected chi connectivity index (χ0v) is 18.4. The molecular formula is C18H32IN5O2. The SMILES string of the molecule is CCN1CCN(CCNC(N)=NCc2ccc(OC)c(OC)c2)CC1.I. The number of benzene rings is 1. The number of aliphatic imine (C=N–C) groups is 1. The van der Waals surface area contributed by atoms with Crippen molar-refractivity contribution in [3.63, 3.8) is 0 Å². The second-order valence-electron chi connectivity index (χ2n) is 6.09. The third-order valence-electron chi connectivity index (χ3n) is 4.53. The van der Waals surface area contributed by atoms with E-state index in [2.05, 4.69) is 27.0 Å². The topological polar surface area (TPSA) is 75.4 Å². The number of nitrogens with one attached hydrogen (secondary N) is 1. The summed E-state index contributed by atoms with van der Waals surface area (Å²) < 4.78 is 10.5. The Morgan fingerprint density at radius 3 is 2.38 bits per heavy atom. The van der Waals surface area contributed by atoms with E-state index in [0.29, 0.717) is 24.0 Å². The molecule has 1 aromatic carbocycles. The van der Waals surface area contributed by atoms with Crippen LogP contribution in [0.5, 0.6) is 11.5 Å². The summed E-state index contributed by atoms with van der Waals surface area (Å²) in [6, 6.07) is 5.76. The highest BCUT2D eigenvalue weighted by atomic mass is 127. The number of hydrogen-bond donors (Lipinski definition) is 2. The number of nitrogens with two attached hydrogens (primary N) is 1. The molecule has 1 saturated heterocycles. The third kappa shape index (κ3) is 7.16. The van der Waals surface area contributed by atoms with Gasteiger partial charge in [-0.25, -0.2) is 4.99 Å². The van der Waals surface area contributed by atoms with Gasteiger partial charge in [-0.2, -0.15) is 0 Å². The molecule has 0 saturated carbocycles. The van der Waals surface area contributed by atoms with Gasteiger partial charge in [0.05, 0.1) is 20.8 Å². The summed E-state index contributed by atoms with van der Waals surface area (Å²) in [6.07, 6.45) is 0. The Morgan fingerprint density at radius 1 is 1.12 bits per heavy atom. The van der Waals surface area contributed by atoms with E-state index in [1.165, 1.54) is 0 Å². The summed E-state index contributed by atoms with van der Waals surface area (Å²) in [4.78, 5) is 9.33. The molecule has 8 heteroatoms. The number of hydrogen-bond acceptors (Lipinski definition) is 5. The molecule has 0 radical (unpaired) electrons. The molecule has 1 aromatic rings. The van der Waals surface area contributed by atoms with Crippen LogP contribution in [-0.2, 0) is 6.54 Å². The molecule has 0 unspecified atom stereocenters. The minimum absolute atomic E-state index is 0. The Kier molecular flexibility index (Phi) is 10.7. The molecule has 0 amide bonds. The Hall–Kier alpha value is -1.26. The second kappa shape index (κ2) is 12.2. The molecule has 0 atom stereocenters. The summed E-state index contributed by atoms with van der Waals surface area (Å²) in [7, 11) is 3.25. The summed E-state index contributed by atoms with van der Waals surface area (Å²) in [5.74, 6) is 1.89. The van der Waals surface area contributed by atoms with Crippen LogP contribution in [0.15, 0.2) is 23.2 Å². The summed E-state index contributed by atoms with van der Waals surface area (Å²) in [5.41, 5.74) is 6.99. The first-order chi connectivity index (χ1) is 12.2. The van der Waals surface area contributed by atoms with Gasteiger partial charge >= 0.3 is 0 Å². The number of ether oxygens (including phenoxy) is 2. The molecule has 7 nitrogen and oxygen atoms in total. The quantitative estimate of drug-likeness (QED) is 0.335. The summed E-state index contributed by atoms with van der Waals surface area (Å²) in [6.45, 7) is 10.2. The summed E-state index contributed by atoms with van der Waals surface area (Å²) >= 11 is 0. The molecule has 1 aliphatic heterocycles. The fraction of sp³-hybridized carbons (Fsp3) is 0.611. The van der Waals surface area contributed by atoms with Gasteiger partial charge < -0.3 is 25.4 Å². The number of nitrogens with zero attached hydrogens (tertiary/aromatic N) is 3. The lowest BCUT2D eigenvalue weighted by Gasteiger charge is -2.33. The first-order valence-electron chi connectivity index (χ1n) is 8.85. The molecule has 2 rings (SSSR count). The van der Waals surface area contributed by atoms with Crippen molar-refractivity contribution in [1.82, 2.24) is 15.1 Å². The fourth-order valence-corrected chi connectivity index (χ4v) is 2.88. The van der Waals surface area contributed by atoms with E-state index >= 15 is 0 Å². The van der Waals surface area contributed by atoms with E-state index in [0.717, 1.165) is 51.4 Å². The van der Waals surface area contributed by atoms with Crippen molar-refractivity contribution in [3.05, 3.63) is 23.8 Å². The lowest BCUT2D eigenvalue weighted by atomic mass is 10.2. The van der Waals surface area contributed by atoms with Crippen LogP contribution in [0.4, 0.5) is 0 Å². The average Bonchev–Trinajstić information content (AvgIpc) is 2.66. The molecule has 0 spiro atoms. The van der Waals surface area contributed by atoms with E-state index in [1.54, 1.807) is 14.2 Å². The van der Waals surface area contributed by atoms with Crippen molar-refractivity contribution >= 4 is 29.9 Å². The van der Waals surface area contributed by atoms with Crippen molar-refractivity contribution < 1.29 is 9.47 Å². The predicted molar refractivity (Wildman–Crippen MR) is 117 cm³/mol. The van der Waals surface area contributed by atoms with E-state index < -0.39 is 0 Å². The largest absolute Gasteiger partial charge is 0.493 e. The average molecular weight is 477 g/mol. The fourth-order valence-electron chi connectivity index (χ4n) is 2.88. The normalized spacial score (nSPS) is 16.0. The first kappa shape index (κ1) is 22.8. The highest BCUT2D eigenvalue weighted by Gasteiger charge is 2.14. The third-order valence-corrected chi connectivity index (χ3v) is 4.53. The molecule has 0 aliphatic carbocycles. The molecule has 0 aromatic heterocycles. The Morgan fingerprint density at radius 2 is 1.77 bits per heavy atom. The van der Waals surface area contributed by atoms with Gasteiger partial charge in [-0.15, -0.1) is 24.0 Å². The minimum atomic E-state index is 0. The van der Waals surface area contributed by atoms with E-state index in [1.807, 2.05) is 18.2 Å². The molecule has 1 heterocycles. The standard InChI is InChI=1S/C18H31N5O2.HI/c1-4-22-9-11-23(12-10-22)8-7-20-18(19)21-14-15-5-6-16(24-2)17(13-15)25-3;/h5-6,13H,4,7-12,14H2,1-3H3,(H3,19,20,21);1H. The number of methoxy groups -OCH3 is 2. The number of guanidine groups is 1. The van der Waals surface area contributed by atoms with Crippen LogP contribution in [-0.4, -0.2) is 75.8 Å². The van der Waals surface area contributed by atoms with Gasteiger partial charge in [-0.05, 0) is 24.2 Å². The van der Waals surface area contributed by atoms with E-state index in [4.69, 9.17) is 15.2 Å². The van der Waals surface area contributed by atoms with Gasteiger partial charge in [0.25, 0.3) is 0 Å². The lowest BCUT2D eigenvalue weighted by Crippen LogP contribution is -2.48. The zero-order valence-electron chi connectivity index (χ0n) is 16.0. The van der Waals surface area contributed by atoms with E-state index in [-0.39, 0.29) is 24.0 Å². The van der Waals surface area contributed by atoms with Crippen LogP contribution >= 0.6 is 24.0 Å². The molecule has 26 heavy (non-hydrogen) atoms. The molecule has 3 N–H and O–H groups in total. The van der Waals surface area contributed by atoms with Crippen molar-refractivity contribution in [2.45, 2.75) is 13.5 Å². The van der Waals surface area contributed by atoms with E-state index in [9.17, 15) is 0 Å². The highest BCUT2D eigenvalue weighted by Crippen LogP contribution is 2.27. The van der Waals surface area contributed by atoms with Gasteiger partial charge in [0.1, 0.15) is 0 Å². The molecule has 1 aliphatic rings. The van der Waals surface area contributed by atoms with Crippen LogP contribution in [0.3, 0.4) is 0 Å². The Labute approximate surface area is 173 Å². The van der Waals surface area contributed by atoms with Crippen LogP contribution < -0.4 is 20.5 Å². The van der Waals surface area contributed by atoms with Crippen LogP contribution in [0.1, 0.15) is 12.5 Å². The monoisotopic (exact) mass is 477 g/mol. The van der Waals surface area contributed by atoms with Gasteiger partial charge in [-0.3, -0.25) is 4.90 Å². The molecule has 0 bridgehead atoms. The van der Waals surface area contributed by atoms with Crippen LogP contribution in [0.2, 0.25) is 0 Å². The zero-order chi connectivity index (χ0) is 18.1. The predicted octanol–water partition coefficient (Wildman–Crippen LogP) is 1.36. The van der Waals surface area contributed by atoms with Crippen molar-refractivity contribution in [1.29, 1.82) is 0 Å². The second-order valence-corrected chi connectivity index (χ2v) is 6.09. The van der Waals surface area contributed by atoms with Gasteiger partial charge in [0.2, 0.25) is 0 Å². The van der Waals surface area contributed by atoms with Gasteiger partial charge in [0.15, 0.2) is 17.5 Å². The smallest absolute Gasteiger partial charge is 0.188 e. The van der Waals surface area contributed by atoms with Crippen molar-refractivity contribution in [2.24, 2.45) is 10.7 Å². The van der Waals surface area contributed by atoms with Crippen LogP contribution in [0.25, 0.3) is 0 Å². The highest BCUT2D eigenvalue weighted by molar-refractivity contribution is 14.0. The molecular weight excluding hydrogens is 445 g/mol. The lowest BCUT2D eigenvalue weighted by molar-refractivity contribution is 0.139. The van der Waals surface area contributed by atoms with Crippen LogP contribution in [0, 0.1) is 0 Å². The number of piperazine rings is 1. The molecule has 148 valence electrons. The Bertz CT molecular complexity index is 563. The minimum Gasteiger partial charge on any atom is -0.493 e. The summed E-state index contributed by atoms with van der Waals surface area (Å²) in [5, 5.41) is 3.19. The number of rotatable bonds is 8. The molecule has 1 fully saturated rings. The van der Waals surface area contributed by atoms with Crippen molar-refractivity contribution in [2.75, 3.05) is 60.0 Å². The van der Waals surface area contributed by atoms with Crippen molar-refractivity contribution in [3.8, 4) is 11.5 Å². The first-order valence-corrected chi connectivity index (χ1v) is 8.85. The van der Waals surface area contributed by atoms with Gasteiger partial charge in [0, 0.05) is 39.3 Å². The maximum atomic E-state index is 5.96. The van der Waals surface area contributed by atoms with Gasteiger partial charge in [-0.1, -0.05) is 13.0 Å². The Balaban J connectivity index is 0.00000338. The number of likely N-dealkylation sites (N-methyl/N-ethyl adjacent to an activating group) is 1. The number of halogens is 1.